The van der Waals surface area contributed by atoms with Crippen LogP contribution < -0.4 is 10.0 Å². The molecule has 2 aliphatic rings. The molecule has 118 valence electrons. The van der Waals surface area contributed by atoms with Crippen molar-refractivity contribution in [1.29, 1.82) is 0 Å². The lowest BCUT2D eigenvalue weighted by Crippen LogP contribution is -2.53. The maximum absolute atomic E-state index is 13.3. The molecule has 1 aliphatic heterocycles. The van der Waals surface area contributed by atoms with Crippen LogP contribution in [0.1, 0.15) is 38.5 Å². The van der Waals surface area contributed by atoms with Crippen molar-refractivity contribution >= 4 is 10.0 Å². The minimum Gasteiger partial charge on any atom is -0.317 e. The molecule has 0 bridgehead atoms. The van der Waals surface area contributed by atoms with Crippen molar-refractivity contribution in [2.24, 2.45) is 5.41 Å². The summed E-state index contributed by atoms with van der Waals surface area (Å²) in [6.45, 7) is 0.00630. The molecule has 0 spiro atoms. The molecule has 20 heavy (non-hydrogen) atoms. The largest absolute Gasteiger partial charge is 0.395 e. The van der Waals surface area contributed by atoms with Gasteiger partial charge in [0.1, 0.15) is 0 Å². The van der Waals surface area contributed by atoms with Gasteiger partial charge in [0.15, 0.2) is 0 Å². The minimum absolute atomic E-state index is 0.0797. The third-order valence-corrected chi connectivity index (χ3v) is 6.41. The molecule has 2 N–H and O–H groups in total. The van der Waals surface area contributed by atoms with Crippen LogP contribution in [0.15, 0.2) is 0 Å². The zero-order chi connectivity index (χ0) is 14.9. The van der Waals surface area contributed by atoms with E-state index in [0.29, 0.717) is 12.8 Å². The van der Waals surface area contributed by atoms with Crippen molar-refractivity contribution < 1.29 is 21.6 Å². The molecule has 2 fully saturated rings. The van der Waals surface area contributed by atoms with Gasteiger partial charge in [0, 0.05) is 6.54 Å². The van der Waals surface area contributed by atoms with E-state index in [0.717, 1.165) is 12.8 Å². The van der Waals surface area contributed by atoms with Gasteiger partial charge in [-0.1, -0.05) is 12.8 Å². The second-order valence-corrected chi connectivity index (χ2v) is 7.85. The molecule has 2 rings (SSSR count). The molecule has 1 heterocycles. The van der Waals surface area contributed by atoms with E-state index in [9.17, 15) is 21.6 Å². The van der Waals surface area contributed by atoms with E-state index in [1.165, 1.54) is 0 Å². The quantitative estimate of drug-likeness (QED) is 0.831. The van der Waals surface area contributed by atoms with E-state index < -0.39 is 33.4 Å². The Hall–Kier alpha value is -0.340. The first-order chi connectivity index (χ1) is 9.27. The first kappa shape index (κ1) is 16.0. The van der Waals surface area contributed by atoms with Gasteiger partial charge in [-0.15, -0.1) is 0 Å². The van der Waals surface area contributed by atoms with E-state index in [1.807, 2.05) is 0 Å². The standard InChI is InChI=1S/C12H21F3N2O2S/c13-12(14,15)11(5-7-16-8-6-11)9-17-20(18,19)10-3-1-2-4-10/h10,16-17H,1-9H2. The highest BCUT2D eigenvalue weighted by Gasteiger charge is 2.55. The molecule has 1 saturated carbocycles. The zero-order valence-corrected chi connectivity index (χ0v) is 12.1. The van der Waals surface area contributed by atoms with E-state index in [1.54, 1.807) is 0 Å². The van der Waals surface area contributed by atoms with Crippen molar-refractivity contribution in [2.75, 3.05) is 19.6 Å². The Morgan fingerprint density at radius 3 is 2.20 bits per heavy atom. The smallest absolute Gasteiger partial charge is 0.317 e. The molecule has 4 nitrogen and oxygen atoms in total. The van der Waals surface area contributed by atoms with Gasteiger partial charge >= 0.3 is 6.18 Å². The molecule has 1 aliphatic carbocycles. The van der Waals surface area contributed by atoms with E-state index in [4.69, 9.17) is 0 Å². The lowest BCUT2D eigenvalue weighted by Gasteiger charge is -2.39. The molecule has 0 unspecified atom stereocenters. The topological polar surface area (TPSA) is 58.2 Å². The average molecular weight is 314 g/mol. The van der Waals surface area contributed by atoms with Crippen LogP contribution in [0.5, 0.6) is 0 Å². The number of nitrogens with one attached hydrogen (secondary N) is 2. The zero-order valence-electron chi connectivity index (χ0n) is 11.3. The highest BCUT2D eigenvalue weighted by molar-refractivity contribution is 7.90. The lowest BCUT2D eigenvalue weighted by atomic mass is 9.78. The molecule has 8 heteroatoms. The molecule has 0 aromatic rings. The Balaban J connectivity index is 2.05. The second kappa shape index (κ2) is 5.81. The number of alkyl halides is 3. The van der Waals surface area contributed by atoms with Crippen LogP contribution in [0.3, 0.4) is 0 Å². The minimum atomic E-state index is -4.38. The summed E-state index contributed by atoms with van der Waals surface area (Å²) in [5.41, 5.74) is -1.93. The monoisotopic (exact) mass is 314 g/mol. The Morgan fingerprint density at radius 2 is 1.70 bits per heavy atom. The van der Waals surface area contributed by atoms with Crippen LogP contribution in [-0.4, -0.2) is 39.5 Å². The molecule has 0 amide bonds. The highest BCUT2D eigenvalue weighted by Crippen LogP contribution is 2.44. The summed E-state index contributed by atoms with van der Waals surface area (Å²) in [6.07, 6.45) is -1.77. The molecule has 0 aromatic heterocycles. The maximum Gasteiger partial charge on any atom is 0.395 e. The van der Waals surface area contributed by atoms with Crippen molar-refractivity contribution in [3.63, 3.8) is 0 Å². The fourth-order valence-corrected chi connectivity index (χ4v) is 4.69. The maximum atomic E-state index is 13.3. The number of piperidine rings is 1. The van der Waals surface area contributed by atoms with E-state index in [2.05, 4.69) is 10.0 Å². The Morgan fingerprint density at radius 1 is 1.15 bits per heavy atom. The van der Waals surface area contributed by atoms with Gasteiger partial charge in [-0.2, -0.15) is 13.2 Å². The average Bonchev–Trinajstić information content (AvgIpc) is 2.91. The summed E-state index contributed by atoms with van der Waals surface area (Å²) in [5.74, 6) is 0. The van der Waals surface area contributed by atoms with Gasteiger partial charge in [-0.3, -0.25) is 0 Å². The third kappa shape index (κ3) is 3.28. The van der Waals surface area contributed by atoms with Crippen molar-refractivity contribution in [1.82, 2.24) is 10.0 Å². The SMILES string of the molecule is O=S(=O)(NCC1(C(F)(F)F)CCNCC1)C1CCCC1. The van der Waals surface area contributed by atoms with E-state index >= 15 is 0 Å². The highest BCUT2D eigenvalue weighted by atomic mass is 32.2. The van der Waals surface area contributed by atoms with Gasteiger partial charge in [-0.05, 0) is 38.8 Å². The van der Waals surface area contributed by atoms with Crippen LogP contribution in [0.4, 0.5) is 13.2 Å². The summed E-state index contributed by atoms with van der Waals surface area (Å²) in [6, 6.07) is 0. The number of sulfonamides is 1. The molecule has 0 radical (unpaired) electrons. The molecule has 1 saturated heterocycles. The predicted octanol–water partition coefficient (Wildman–Crippen LogP) is 1.78. The van der Waals surface area contributed by atoms with Crippen LogP contribution >= 0.6 is 0 Å². The first-order valence-corrected chi connectivity index (χ1v) is 8.57. The van der Waals surface area contributed by atoms with Gasteiger partial charge in [0.05, 0.1) is 10.7 Å². The molecular formula is C12H21F3N2O2S. The fourth-order valence-electron chi connectivity index (χ4n) is 3.02. The second-order valence-electron chi connectivity index (χ2n) is 5.80. The van der Waals surface area contributed by atoms with Gasteiger partial charge in [0.2, 0.25) is 10.0 Å². The Bertz CT molecular complexity index is 424. The molecule has 0 aromatic carbocycles. The molecule has 0 atom stereocenters. The summed E-state index contributed by atoms with van der Waals surface area (Å²) < 4.78 is 66.2. The van der Waals surface area contributed by atoms with Crippen molar-refractivity contribution in [3.05, 3.63) is 0 Å². The van der Waals surface area contributed by atoms with Crippen LogP contribution in [0.25, 0.3) is 0 Å². The first-order valence-electron chi connectivity index (χ1n) is 7.03. The predicted molar refractivity (Wildman–Crippen MR) is 69.8 cm³/mol. The van der Waals surface area contributed by atoms with Crippen LogP contribution in [0.2, 0.25) is 0 Å². The number of rotatable bonds is 4. The number of hydrogen-bond acceptors (Lipinski definition) is 3. The van der Waals surface area contributed by atoms with Gasteiger partial charge in [0.25, 0.3) is 0 Å². The lowest BCUT2D eigenvalue weighted by molar-refractivity contribution is -0.229. The Labute approximate surface area is 117 Å². The summed E-state index contributed by atoms with van der Waals surface area (Å²) >= 11 is 0. The number of halogens is 3. The number of hydrogen-bond donors (Lipinski definition) is 2. The summed E-state index contributed by atoms with van der Waals surface area (Å²) in [7, 11) is -3.63. The van der Waals surface area contributed by atoms with Gasteiger partial charge < -0.3 is 5.32 Å². The Kier molecular flexibility index (Phi) is 4.66. The third-order valence-electron chi connectivity index (χ3n) is 4.51. The van der Waals surface area contributed by atoms with Crippen molar-refractivity contribution in [2.45, 2.75) is 50.0 Å². The van der Waals surface area contributed by atoms with Gasteiger partial charge in [-0.25, -0.2) is 13.1 Å². The fraction of sp³-hybridized carbons (Fsp3) is 1.00. The summed E-state index contributed by atoms with van der Waals surface area (Å²) in [5, 5.41) is 2.37. The summed E-state index contributed by atoms with van der Waals surface area (Å²) in [4.78, 5) is 0. The normalized spacial score (nSPS) is 24.9. The van der Waals surface area contributed by atoms with Crippen molar-refractivity contribution in [3.8, 4) is 0 Å². The molecular weight excluding hydrogens is 293 g/mol. The van der Waals surface area contributed by atoms with Crippen LogP contribution in [-0.2, 0) is 10.0 Å². The van der Waals surface area contributed by atoms with E-state index in [-0.39, 0.29) is 25.9 Å². The van der Waals surface area contributed by atoms with Crippen LogP contribution in [0, 0.1) is 5.41 Å².